The Labute approximate surface area is 170 Å². The number of amides is 1. The minimum Gasteiger partial charge on any atom is -0.339 e. The monoisotopic (exact) mass is 399 g/mol. The number of carbonyl (C=O) groups excluding carboxylic acids is 1. The Morgan fingerprint density at radius 3 is 2.76 bits per heavy atom. The van der Waals surface area contributed by atoms with Crippen LogP contribution < -0.4 is 5.32 Å². The minimum atomic E-state index is -0.164. The van der Waals surface area contributed by atoms with E-state index in [1.54, 1.807) is 6.20 Å². The Hall–Kier alpha value is -3.58. The molecule has 0 fully saturated rings. The number of nitrogens with one attached hydrogen (secondary N) is 2. The highest BCUT2D eigenvalue weighted by atomic mass is 32.1. The highest BCUT2D eigenvalue weighted by Crippen LogP contribution is 2.31. The number of benzene rings is 2. The van der Waals surface area contributed by atoms with Crippen molar-refractivity contribution < 1.29 is 4.79 Å². The maximum atomic E-state index is 12.7. The van der Waals surface area contributed by atoms with Crippen LogP contribution in [0, 0.1) is 13.8 Å². The first-order chi connectivity index (χ1) is 14.1. The van der Waals surface area contributed by atoms with Gasteiger partial charge in [0.15, 0.2) is 5.13 Å². The SMILES string of the molecule is Cc1cnc(NC(=O)c2ccc(C)c(-c3ccc4c(c3)[nH]c3ncncc34)c2)s1. The zero-order valence-corrected chi connectivity index (χ0v) is 16.7. The average molecular weight is 399 g/mol. The van der Waals surface area contributed by atoms with E-state index < -0.39 is 0 Å². The Kier molecular flexibility index (Phi) is 4.10. The largest absolute Gasteiger partial charge is 0.339 e. The fraction of sp³-hybridized carbons (Fsp3) is 0.0909. The Morgan fingerprint density at radius 2 is 1.93 bits per heavy atom. The topological polar surface area (TPSA) is 83.6 Å². The summed E-state index contributed by atoms with van der Waals surface area (Å²) in [5, 5.41) is 5.55. The number of aromatic nitrogens is 4. The number of hydrogen-bond donors (Lipinski definition) is 2. The van der Waals surface area contributed by atoms with Crippen LogP contribution in [0.1, 0.15) is 20.8 Å². The quantitative estimate of drug-likeness (QED) is 0.442. The second kappa shape index (κ2) is 6.79. The van der Waals surface area contributed by atoms with Crippen molar-refractivity contribution in [3.8, 4) is 11.1 Å². The number of carbonyl (C=O) groups is 1. The maximum absolute atomic E-state index is 12.7. The first kappa shape index (κ1) is 17.5. The number of aryl methyl sites for hydroxylation is 2. The van der Waals surface area contributed by atoms with Crippen LogP contribution in [-0.2, 0) is 0 Å². The molecule has 0 spiro atoms. The minimum absolute atomic E-state index is 0.164. The van der Waals surface area contributed by atoms with Crippen molar-refractivity contribution in [3.05, 3.63) is 71.1 Å². The molecule has 2 aromatic carbocycles. The number of H-pyrrole nitrogens is 1. The summed E-state index contributed by atoms with van der Waals surface area (Å²) >= 11 is 1.46. The molecular weight excluding hydrogens is 382 g/mol. The molecule has 29 heavy (non-hydrogen) atoms. The van der Waals surface area contributed by atoms with Crippen LogP contribution >= 0.6 is 11.3 Å². The van der Waals surface area contributed by atoms with Gasteiger partial charge in [0.05, 0.1) is 0 Å². The Morgan fingerprint density at radius 1 is 1.03 bits per heavy atom. The van der Waals surface area contributed by atoms with Gasteiger partial charge in [-0.1, -0.05) is 18.2 Å². The van der Waals surface area contributed by atoms with Crippen LogP contribution in [0.4, 0.5) is 5.13 Å². The van der Waals surface area contributed by atoms with Gasteiger partial charge < -0.3 is 4.98 Å². The van der Waals surface area contributed by atoms with Gasteiger partial charge >= 0.3 is 0 Å². The lowest BCUT2D eigenvalue weighted by atomic mass is 9.97. The molecule has 0 unspecified atom stereocenters. The van der Waals surface area contributed by atoms with Gasteiger partial charge in [0.1, 0.15) is 12.0 Å². The smallest absolute Gasteiger partial charge is 0.257 e. The van der Waals surface area contributed by atoms with Gasteiger partial charge in [-0.25, -0.2) is 15.0 Å². The second-order valence-corrected chi connectivity index (χ2v) is 8.17. The van der Waals surface area contributed by atoms with Gasteiger partial charge in [-0.15, -0.1) is 11.3 Å². The summed E-state index contributed by atoms with van der Waals surface area (Å²) in [6.07, 6.45) is 5.10. The van der Waals surface area contributed by atoms with Crippen molar-refractivity contribution in [2.75, 3.05) is 5.32 Å². The zero-order chi connectivity index (χ0) is 20.0. The predicted molar refractivity (Wildman–Crippen MR) is 116 cm³/mol. The molecule has 0 radical (unpaired) electrons. The zero-order valence-electron chi connectivity index (χ0n) is 15.9. The van der Waals surface area contributed by atoms with Crippen molar-refractivity contribution in [2.24, 2.45) is 0 Å². The summed E-state index contributed by atoms with van der Waals surface area (Å²) in [6.45, 7) is 4.01. The molecule has 2 N–H and O–H groups in total. The van der Waals surface area contributed by atoms with Crippen molar-refractivity contribution in [1.29, 1.82) is 0 Å². The highest BCUT2D eigenvalue weighted by molar-refractivity contribution is 7.15. The molecule has 5 rings (SSSR count). The van der Waals surface area contributed by atoms with E-state index in [4.69, 9.17) is 0 Å². The third kappa shape index (κ3) is 3.15. The molecule has 0 bridgehead atoms. The van der Waals surface area contributed by atoms with E-state index in [1.807, 2.05) is 38.2 Å². The lowest BCUT2D eigenvalue weighted by molar-refractivity contribution is 0.102. The van der Waals surface area contributed by atoms with Gasteiger partial charge in [-0.2, -0.15) is 0 Å². The van der Waals surface area contributed by atoms with Crippen LogP contribution in [0.25, 0.3) is 33.1 Å². The van der Waals surface area contributed by atoms with Crippen molar-refractivity contribution >= 4 is 44.3 Å². The Balaban J connectivity index is 1.54. The average Bonchev–Trinajstić information content (AvgIpc) is 3.30. The lowest BCUT2D eigenvalue weighted by Crippen LogP contribution is -2.11. The van der Waals surface area contributed by atoms with Gasteiger partial charge in [0.25, 0.3) is 5.91 Å². The van der Waals surface area contributed by atoms with E-state index in [0.717, 1.165) is 43.5 Å². The summed E-state index contributed by atoms with van der Waals surface area (Å²) in [5.74, 6) is -0.164. The van der Waals surface area contributed by atoms with Gasteiger partial charge in [-0.05, 0) is 48.7 Å². The Bertz CT molecular complexity index is 1380. The van der Waals surface area contributed by atoms with Crippen LogP contribution in [0.5, 0.6) is 0 Å². The van der Waals surface area contributed by atoms with Crippen LogP contribution in [0.3, 0.4) is 0 Å². The van der Waals surface area contributed by atoms with E-state index >= 15 is 0 Å². The number of aromatic amines is 1. The fourth-order valence-corrected chi connectivity index (χ4v) is 4.12. The summed E-state index contributed by atoms with van der Waals surface area (Å²) in [5.41, 5.74) is 5.55. The fourth-order valence-electron chi connectivity index (χ4n) is 3.46. The molecule has 1 amide bonds. The van der Waals surface area contributed by atoms with Crippen LogP contribution in [0.2, 0.25) is 0 Å². The molecule has 3 aromatic heterocycles. The van der Waals surface area contributed by atoms with Crippen molar-refractivity contribution in [3.63, 3.8) is 0 Å². The predicted octanol–water partition coefficient (Wildman–Crippen LogP) is 5.10. The molecule has 5 aromatic rings. The number of fused-ring (bicyclic) bond motifs is 3. The standard InChI is InChI=1S/C22H17N5OS/c1-12-3-4-15(21(28)27-22-24-9-13(2)29-22)7-17(12)14-5-6-16-18-10-23-11-25-20(18)26-19(16)8-14/h3-11H,1-2H3,(H,23,25,26)(H,24,27,28). The number of hydrogen-bond acceptors (Lipinski definition) is 5. The normalized spacial score (nSPS) is 11.2. The van der Waals surface area contributed by atoms with E-state index in [0.29, 0.717) is 10.7 Å². The number of thiazole rings is 1. The molecule has 0 aliphatic carbocycles. The van der Waals surface area contributed by atoms with Crippen molar-refractivity contribution in [1.82, 2.24) is 19.9 Å². The van der Waals surface area contributed by atoms with E-state index in [9.17, 15) is 4.79 Å². The lowest BCUT2D eigenvalue weighted by Gasteiger charge is -2.09. The number of rotatable bonds is 3. The number of nitrogens with zero attached hydrogens (tertiary/aromatic N) is 3. The first-order valence-electron chi connectivity index (χ1n) is 9.15. The molecule has 0 saturated heterocycles. The summed E-state index contributed by atoms with van der Waals surface area (Å²) in [6, 6.07) is 12.0. The third-order valence-electron chi connectivity index (χ3n) is 4.93. The highest BCUT2D eigenvalue weighted by Gasteiger charge is 2.13. The molecule has 0 saturated carbocycles. The molecule has 6 nitrogen and oxygen atoms in total. The third-order valence-corrected chi connectivity index (χ3v) is 5.76. The maximum Gasteiger partial charge on any atom is 0.257 e. The van der Waals surface area contributed by atoms with Gasteiger partial charge in [-0.3, -0.25) is 10.1 Å². The van der Waals surface area contributed by atoms with E-state index in [2.05, 4.69) is 43.5 Å². The first-order valence-corrected chi connectivity index (χ1v) is 9.96. The molecule has 0 aliphatic heterocycles. The summed E-state index contributed by atoms with van der Waals surface area (Å²) in [7, 11) is 0. The van der Waals surface area contributed by atoms with Gasteiger partial charge in [0.2, 0.25) is 0 Å². The summed E-state index contributed by atoms with van der Waals surface area (Å²) < 4.78 is 0. The summed E-state index contributed by atoms with van der Waals surface area (Å²) in [4.78, 5) is 29.7. The van der Waals surface area contributed by atoms with Gasteiger partial charge in [0, 0.05) is 39.1 Å². The van der Waals surface area contributed by atoms with Crippen LogP contribution in [0.15, 0.2) is 55.1 Å². The molecule has 0 atom stereocenters. The van der Waals surface area contributed by atoms with Crippen molar-refractivity contribution in [2.45, 2.75) is 13.8 Å². The van der Waals surface area contributed by atoms with E-state index in [-0.39, 0.29) is 5.91 Å². The second-order valence-electron chi connectivity index (χ2n) is 6.93. The molecule has 0 aliphatic rings. The molecule has 7 heteroatoms. The van der Waals surface area contributed by atoms with E-state index in [1.165, 1.54) is 17.7 Å². The molecule has 142 valence electrons. The van der Waals surface area contributed by atoms with Crippen LogP contribution in [-0.4, -0.2) is 25.8 Å². The molecule has 3 heterocycles. The number of anilines is 1. The molecular formula is C22H17N5OS.